The molecule has 0 aromatic carbocycles. The standard InChI is InChI=1S/C15H24N2O2S/c1-5-7-8-12(6-2)9-20-14-13(15(18)19)10(3)16-11(4)17-14/h12H,5-9H2,1-4H3,(H,18,19). The van der Waals surface area contributed by atoms with Gasteiger partial charge in [-0.15, -0.1) is 11.8 Å². The fourth-order valence-corrected chi connectivity index (χ4v) is 3.50. The second-order valence-electron chi connectivity index (χ2n) is 5.07. The highest BCUT2D eigenvalue weighted by Crippen LogP contribution is 2.27. The first kappa shape index (κ1) is 17.0. The lowest BCUT2D eigenvalue weighted by atomic mass is 10.0. The van der Waals surface area contributed by atoms with Gasteiger partial charge in [0.25, 0.3) is 0 Å². The van der Waals surface area contributed by atoms with Crippen molar-refractivity contribution in [1.29, 1.82) is 0 Å². The summed E-state index contributed by atoms with van der Waals surface area (Å²) in [5.74, 6) is 1.24. The Morgan fingerprint density at radius 2 is 2.00 bits per heavy atom. The number of carboxylic acids is 1. The van der Waals surface area contributed by atoms with Crippen molar-refractivity contribution in [2.45, 2.75) is 58.4 Å². The SMILES string of the molecule is CCCCC(CC)CSc1nc(C)nc(C)c1C(=O)O. The van der Waals surface area contributed by atoms with Gasteiger partial charge < -0.3 is 5.11 Å². The van der Waals surface area contributed by atoms with Gasteiger partial charge in [0.2, 0.25) is 0 Å². The van der Waals surface area contributed by atoms with E-state index in [2.05, 4.69) is 23.8 Å². The zero-order valence-electron chi connectivity index (χ0n) is 12.8. The summed E-state index contributed by atoms with van der Waals surface area (Å²) >= 11 is 1.55. The maximum absolute atomic E-state index is 11.3. The summed E-state index contributed by atoms with van der Waals surface area (Å²) in [6.45, 7) is 7.92. The molecule has 1 aromatic rings. The lowest BCUT2D eigenvalue weighted by Crippen LogP contribution is -2.10. The van der Waals surface area contributed by atoms with Crippen LogP contribution in [-0.2, 0) is 0 Å². The van der Waals surface area contributed by atoms with Crippen molar-refractivity contribution in [2.24, 2.45) is 5.92 Å². The molecule has 0 spiro atoms. The maximum atomic E-state index is 11.3. The summed E-state index contributed by atoms with van der Waals surface area (Å²) in [4.78, 5) is 19.8. The summed E-state index contributed by atoms with van der Waals surface area (Å²) < 4.78 is 0. The van der Waals surface area contributed by atoms with E-state index in [9.17, 15) is 9.90 Å². The molecule has 1 atom stereocenters. The summed E-state index contributed by atoms with van der Waals surface area (Å²) in [6.07, 6.45) is 4.75. The van der Waals surface area contributed by atoms with Gasteiger partial charge in [0, 0.05) is 5.75 Å². The number of hydrogen-bond acceptors (Lipinski definition) is 4. The molecular formula is C15H24N2O2S. The topological polar surface area (TPSA) is 63.1 Å². The number of rotatable bonds is 8. The average molecular weight is 296 g/mol. The summed E-state index contributed by atoms with van der Waals surface area (Å²) in [6, 6.07) is 0. The van der Waals surface area contributed by atoms with E-state index in [1.54, 1.807) is 25.6 Å². The summed E-state index contributed by atoms with van der Waals surface area (Å²) in [5, 5.41) is 9.92. The monoisotopic (exact) mass is 296 g/mol. The van der Waals surface area contributed by atoms with Crippen molar-refractivity contribution >= 4 is 17.7 Å². The predicted octanol–water partition coefficient (Wildman–Crippen LogP) is 4.10. The zero-order chi connectivity index (χ0) is 15.1. The van der Waals surface area contributed by atoms with Crippen LogP contribution in [0.5, 0.6) is 0 Å². The fraction of sp³-hybridized carbons (Fsp3) is 0.667. The number of unbranched alkanes of at least 4 members (excludes halogenated alkanes) is 1. The molecule has 20 heavy (non-hydrogen) atoms. The molecule has 0 aliphatic carbocycles. The highest BCUT2D eigenvalue weighted by molar-refractivity contribution is 7.99. The number of nitrogens with zero attached hydrogens (tertiary/aromatic N) is 2. The van der Waals surface area contributed by atoms with E-state index >= 15 is 0 Å². The number of hydrogen-bond donors (Lipinski definition) is 1. The van der Waals surface area contributed by atoms with Crippen molar-refractivity contribution < 1.29 is 9.90 Å². The van der Waals surface area contributed by atoms with Crippen LogP contribution in [0.3, 0.4) is 0 Å². The van der Waals surface area contributed by atoms with Gasteiger partial charge in [-0.2, -0.15) is 0 Å². The highest BCUT2D eigenvalue weighted by atomic mass is 32.2. The van der Waals surface area contributed by atoms with E-state index in [0.717, 1.165) is 12.2 Å². The van der Waals surface area contributed by atoms with Gasteiger partial charge in [-0.05, 0) is 26.2 Å². The molecule has 0 saturated carbocycles. The molecule has 1 aromatic heterocycles. The van der Waals surface area contributed by atoms with Crippen molar-refractivity contribution in [3.8, 4) is 0 Å². The molecule has 0 saturated heterocycles. The number of aryl methyl sites for hydroxylation is 2. The first-order valence-corrected chi connectivity index (χ1v) is 8.19. The van der Waals surface area contributed by atoms with E-state index in [1.165, 1.54) is 19.3 Å². The normalized spacial score (nSPS) is 12.4. The average Bonchev–Trinajstić information content (AvgIpc) is 2.37. The molecular weight excluding hydrogens is 272 g/mol. The van der Waals surface area contributed by atoms with E-state index in [4.69, 9.17) is 0 Å². The van der Waals surface area contributed by atoms with Crippen LogP contribution in [0.25, 0.3) is 0 Å². The first-order valence-electron chi connectivity index (χ1n) is 7.20. The summed E-state index contributed by atoms with van der Waals surface area (Å²) in [5.41, 5.74) is 0.806. The smallest absolute Gasteiger partial charge is 0.340 e. The van der Waals surface area contributed by atoms with Gasteiger partial charge in [0.05, 0.1) is 5.69 Å². The van der Waals surface area contributed by atoms with Crippen LogP contribution in [0.4, 0.5) is 0 Å². The Hall–Kier alpha value is -1.10. The first-order chi connectivity index (χ1) is 9.49. The Labute approximate surface area is 125 Å². The molecule has 1 unspecified atom stereocenters. The largest absolute Gasteiger partial charge is 0.478 e. The van der Waals surface area contributed by atoms with E-state index in [0.29, 0.717) is 22.5 Å². The summed E-state index contributed by atoms with van der Waals surface area (Å²) in [7, 11) is 0. The molecule has 1 heterocycles. The fourth-order valence-electron chi connectivity index (χ4n) is 2.13. The van der Waals surface area contributed by atoms with Gasteiger partial charge in [0.15, 0.2) is 0 Å². The van der Waals surface area contributed by atoms with Crippen LogP contribution < -0.4 is 0 Å². The van der Waals surface area contributed by atoms with E-state index in [1.807, 2.05) is 0 Å². The third kappa shape index (κ3) is 4.78. The van der Waals surface area contributed by atoms with Crippen LogP contribution >= 0.6 is 11.8 Å². The lowest BCUT2D eigenvalue weighted by molar-refractivity contribution is 0.0690. The molecule has 1 rings (SSSR count). The highest BCUT2D eigenvalue weighted by Gasteiger charge is 2.18. The van der Waals surface area contributed by atoms with Gasteiger partial charge >= 0.3 is 5.97 Å². The molecule has 0 bridgehead atoms. The molecule has 0 radical (unpaired) electrons. The third-order valence-electron chi connectivity index (χ3n) is 3.38. The van der Waals surface area contributed by atoms with Crippen molar-refractivity contribution in [3.63, 3.8) is 0 Å². The van der Waals surface area contributed by atoms with E-state index < -0.39 is 5.97 Å². The third-order valence-corrected chi connectivity index (χ3v) is 4.59. The minimum Gasteiger partial charge on any atom is -0.478 e. The van der Waals surface area contributed by atoms with Crippen LogP contribution in [-0.4, -0.2) is 26.8 Å². The van der Waals surface area contributed by atoms with Gasteiger partial charge in [-0.1, -0.05) is 33.1 Å². The molecule has 1 N–H and O–H groups in total. The second kappa shape index (κ2) is 8.25. The van der Waals surface area contributed by atoms with Crippen LogP contribution in [0, 0.1) is 19.8 Å². The molecule has 0 aliphatic rings. The Morgan fingerprint density at radius 1 is 1.30 bits per heavy atom. The number of aromatic carboxylic acids is 1. The molecule has 0 aliphatic heterocycles. The van der Waals surface area contributed by atoms with Crippen molar-refractivity contribution in [3.05, 3.63) is 17.1 Å². The molecule has 4 nitrogen and oxygen atoms in total. The molecule has 0 amide bonds. The predicted molar refractivity (Wildman–Crippen MR) is 82.5 cm³/mol. The van der Waals surface area contributed by atoms with Gasteiger partial charge in [0.1, 0.15) is 16.4 Å². The van der Waals surface area contributed by atoms with Gasteiger partial charge in [-0.3, -0.25) is 0 Å². The Morgan fingerprint density at radius 3 is 2.55 bits per heavy atom. The number of carboxylic acid groups (broad SMARTS) is 1. The number of thioether (sulfide) groups is 1. The maximum Gasteiger partial charge on any atom is 0.340 e. The van der Waals surface area contributed by atoms with E-state index in [-0.39, 0.29) is 5.56 Å². The quantitative estimate of drug-likeness (QED) is 0.578. The minimum absolute atomic E-state index is 0.256. The van der Waals surface area contributed by atoms with Crippen LogP contribution in [0.1, 0.15) is 61.4 Å². The zero-order valence-corrected chi connectivity index (χ0v) is 13.6. The molecule has 5 heteroatoms. The lowest BCUT2D eigenvalue weighted by Gasteiger charge is -2.15. The van der Waals surface area contributed by atoms with Crippen molar-refractivity contribution in [2.75, 3.05) is 5.75 Å². The Bertz CT molecular complexity index is 463. The van der Waals surface area contributed by atoms with Crippen LogP contribution in [0.2, 0.25) is 0 Å². The Kier molecular flexibility index (Phi) is 6.99. The number of aromatic nitrogens is 2. The molecule has 112 valence electrons. The van der Waals surface area contributed by atoms with Crippen molar-refractivity contribution in [1.82, 2.24) is 9.97 Å². The van der Waals surface area contributed by atoms with Crippen LogP contribution in [0.15, 0.2) is 5.03 Å². The number of carbonyl (C=O) groups is 1. The van der Waals surface area contributed by atoms with Gasteiger partial charge in [-0.25, -0.2) is 14.8 Å². The molecule has 0 fully saturated rings. The second-order valence-corrected chi connectivity index (χ2v) is 6.08. The Balaban J connectivity index is 2.83. The minimum atomic E-state index is -0.938.